The number of ether oxygens (including phenoxy) is 2. The molecule has 2 atom stereocenters. The van der Waals surface area contributed by atoms with Gasteiger partial charge >= 0.3 is 0 Å². The van der Waals surface area contributed by atoms with Crippen LogP contribution < -0.4 is 4.74 Å². The lowest BCUT2D eigenvalue weighted by atomic mass is 10.00. The number of aliphatic hydroxyl groups excluding tert-OH is 1. The van der Waals surface area contributed by atoms with E-state index in [4.69, 9.17) is 9.47 Å². The highest BCUT2D eigenvalue weighted by atomic mass is 32.1. The molecule has 0 aliphatic carbocycles. The highest BCUT2D eigenvalue weighted by molar-refractivity contribution is 7.10. The van der Waals surface area contributed by atoms with Crippen molar-refractivity contribution in [2.45, 2.75) is 39.3 Å². The molecule has 2 heterocycles. The number of nitrogens with zero attached hydrogens (tertiary/aromatic N) is 2. The van der Waals surface area contributed by atoms with Crippen molar-refractivity contribution in [3.8, 4) is 5.75 Å². The first kappa shape index (κ1) is 23.7. The van der Waals surface area contributed by atoms with E-state index in [0.717, 1.165) is 17.7 Å². The van der Waals surface area contributed by atoms with E-state index in [-0.39, 0.29) is 25.1 Å². The normalized spacial score (nSPS) is 17.0. The lowest BCUT2D eigenvalue weighted by molar-refractivity contribution is -0.136. The Balaban J connectivity index is 1.72. The third kappa shape index (κ3) is 6.07. The van der Waals surface area contributed by atoms with Crippen LogP contribution in [-0.4, -0.2) is 73.4 Å². The average Bonchev–Trinajstić information content (AvgIpc) is 3.21. The second-order valence-corrected chi connectivity index (χ2v) is 9.17. The third-order valence-corrected chi connectivity index (χ3v) is 6.77. The predicted octanol–water partition coefficient (Wildman–Crippen LogP) is 3.20. The summed E-state index contributed by atoms with van der Waals surface area (Å²) in [5.74, 6) is 0.927. The number of thiophene rings is 1. The molecule has 0 bridgehead atoms. The van der Waals surface area contributed by atoms with Crippen molar-refractivity contribution < 1.29 is 19.4 Å². The lowest BCUT2D eigenvalue weighted by Crippen LogP contribution is -2.48. The molecule has 7 heteroatoms. The Hall–Kier alpha value is -1.93. The second kappa shape index (κ2) is 11.1. The summed E-state index contributed by atoms with van der Waals surface area (Å²) in [5, 5.41) is 12.2. The molecule has 6 nitrogen and oxygen atoms in total. The van der Waals surface area contributed by atoms with Crippen LogP contribution in [-0.2, 0) is 16.0 Å². The first-order chi connectivity index (χ1) is 14.9. The van der Waals surface area contributed by atoms with Gasteiger partial charge in [-0.1, -0.05) is 24.6 Å². The molecule has 1 aromatic carbocycles. The summed E-state index contributed by atoms with van der Waals surface area (Å²) in [6.45, 7) is 8.87. The molecule has 1 N–H and O–H groups in total. The lowest BCUT2D eigenvalue weighted by Gasteiger charge is -2.37. The standard InChI is InChI=1S/C24H34N2O4S/c1-5-25(13-19(27)15-29-4)14-24(28)26-10-8-23-20(9-11-31-23)21(26)16-30-22-7-6-17(2)12-18(22)3/h6-7,9,11-12,19,21,27H,5,8,10,13-16H2,1-4H3. The largest absolute Gasteiger partial charge is 0.491 e. The smallest absolute Gasteiger partial charge is 0.237 e. The van der Waals surface area contributed by atoms with Crippen LogP contribution in [0.15, 0.2) is 29.6 Å². The first-order valence-electron chi connectivity index (χ1n) is 10.9. The molecular formula is C24H34N2O4S. The van der Waals surface area contributed by atoms with Gasteiger partial charge in [0, 0.05) is 25.1 Å². The van der Waals surface area contributed by atoms with Gasteiger partial charge in [-0.15, -0.1) is 11.3 Å². The summed E-state index contributed by atoms with van der Waals surface area (Å²) in [4.78, 5) is 18.5. The fourth-order valence-corrected chi connectivity index (χ4v) is 5.06. The van der Waals surface area contributed by atoms with E-state index in [1.807, 2.05) is 35.8 Å². The van der Waals surface area contributed by atoms with Crippen LogP contribution in [0, 0.1) is 13.8 Å². The maximum atomic E-state index is 13.3. The Morgan fingerprint density at radius 2 is 2.16 bits per heavy atom. The van der Waals surface area contributed by atoms with Crippen LogP contribution in [0.4, 0.5) is 0 Å². The van der Waals surface area contributed by atoms with Gasteiger partial charge in [-0.25, -0.2) is 0 Å². The maximum Gasteiger partial charge on any atom is 0.237 e. The van der Waals surface area contributed by atoms with E-state index in [0.29, 0.717) is 26.2 Å². The average molecular weight is 447 g/mol. The molecule has 2 aromatic rings. The second-order valence-electron chi connectivity index (χ2n) is 8.17. The molecule has 1 aromatic heterocycles. The molecule has 31 heavy (non-hydrogen) atoms. The van der Waals surface area contributed by atoms with Gasteiger partial charge < -0.3 is 19.5 Å². The van der Waals surface area contributed by atoms with E-state index in [9.17, 15) is 9.90 Å². The van der Waals surface area contributed by atoms with E-state index in [1.54, 1.807) is 18.4 Å². The van der Waals surface area contributed by atoms with E-state index >= 15 is 0 Å². The van der Waals surface area contributed by atoms with Crippen LogP contribution in [0.5, 0.6) is 5.75 Å². The number of hydrogen-bond donors (Lipinski definition) is 1. The van der Waals surface area contributed by atoms with Crippen molar-refractivity contribution in [2.24, 2.45) is 0 Å². The number of benzene rings is 1. The van der Waals surface area contributed by atoms with Crippen molar-refractivity contribution in [2.75, 3.05) is 46.5 Å². The summed E-state index contributed by atoms with van der Waals surface area (Å²) in [6.07, 6.45) is 0.267. The van der Waals surface area contributed by atoms with Crippen molar-refractivity contribution in [3.63, 3.8) is 0 Å². The highest BCUT2D eigenvalue weighted by Crippen LogP contribution is 2.34. The van der Waals surface area contributed by atoms with Gasteiger partial charge in [0.1, 0.15) is 12.4 Å². The fourth-order valence-electron chi connectivity index (χ4n) is 4.14. The fraction of sp³-hybridized carbons (Fsp3) is 0.542. The number of amides is 1. The van der Waals surface area contributed by atoms with Crippen molar-refractivity contribution >= 4 is 17.2 Å². The van der Waals surface area contributed by atoms with Crippen LogP contribution in [0.3, 0.4) is 0 Å². The van der Waals surface area contributed by atoms with Crippen LogP contribution in [0.1, 0.15) is 34.5 Å². The topological polar surface area (TPSA) is 62.2 Å². The summed E-state index contributed by atoms with van der Waals surface area (Å²) < 4.78 is 11.2. The number of aliphatic hydroxyl groups is 1. The van der Waals surface area contributed by atoms with Gasteiger partial charge in [-0.2, -0.15) is 0 Å². The minimum absolute atomic E-state index is 0.0672. The SMILES string of the molecule is CCN(CC(=O)N1CCc2sccc2C1COc1ccc(C)cc1C)CC(O)COC. The van der Waals surface area contributed by atoms with Gasteiger partial charge in [-0.3, -0.25) is 9.69 Å². The molecule has 1 aliphatic rings. The molecule has 0 radical (unpaired) electrons. The predicted molar refractivity (Wildman–Crippen MR) is 124 cm³/mol. The Kier molecular flexibility index (Phi) is 8.49. The first-order valence-corrected chi connectivity index (χ1v) is 11.8. The van der Waals surface area contributed by atoms with Crippen molar-refractivity contribution in [1.29, 1.82) is 0 Å². The van der Waals surface area contributed by atoms with E-state index in [2.05, 4.69) is 24.4 Å². The summed E-state index contributed by atoms with van der Waals surface area (Å²) in [7, 11) is 1.57. The minimum Gasteiger partial charge on any atom is -0.491 e. The number of aryl methyl sites for hydroxylation is 2. The molecule has 0 saturated carbocycles. The number of likely N-dealkylation sites (N-methyl/N-ethyl adjacent to an activating group) is 1. The number of hydrogen-bond acceptors (Lipinski definition) is 6. The highest BCUT2D eigenvalue weighted by Gasteiger charge is 2.33. The van der Waals surface area contributed by atoms with Gasteiger partial charge in [0.05, 0.1) is 25.3 Å². The van der Waals surface area contributed by atoms with E-state index in [1.165, 1.54) is 16.0 Å². The summed E-state index contributed by atoms with van der Waals surface area (Å²) in [5.41, 5.74) is 3.50. The maximum absolute atomic E-state index is 13.3. The van der Waals surface area contributed by atoms with Gasteiger partial charge in [-0.05, 0) is 55.5 Å². The molecule has 1 aliphatic heterocycles. The Morgan fingerprint density at radius 3 is 2.87 bits per heavy atom. The van der Waals surface area contributed by atoms with Gasteiger partial charge in [0.25, 0.3) is 0 Å². The molecule has 3 rings (SSSR count). The Morgan fingerprint density at radius 1 is 1.35 bits per heavy atom. The Bertz CT molecular complexity index is 869. The quantitative estimate of drug-likeness (QED) is 0.607. The molecule has 170 valence electrons. The number of rotatable bonds is 10. The third-order valence-electron chi connectivity index (χ3n) is 5.78. The summed E-state index contributed by atoms with van der Waals surface area (Å²) in [6, 6.07) is 8.18. The Labute approximate surface area is 189 Å². The van der Waals surface area contributed by atoms with Gasteiger partial charge in [0.15, 0.2) is 0 Å². The molecule has 2 unspecified atom stereocenters. The van der Waals surface area contributed by atoms with Crippen molar-refractivity contribution in [3.05, 3.63) is 51.2 Å². The molecule has 0 spiro atoms. The molecule has 0 saturated heterocycles. The number of fused-ring (bicyclic) bond motifs is 1. The van der Waals surface area contributed by atoms with Crippen molar-refractivity contribution in [1.82, 2.24) is 9.80 Å². The molecule has 0 fully saturated rings. The monoisotopic (exact) mass is 446 g/mol. The zero-order valence-electron chi connectivity index (χ0n) is 19.0. The van der Waals surface area contributed by atoms with E-state index < -0.39 is 6.10 Å². The summed E-state index contributed by atoms with van der Waals surface area (Å²) >= 11 is 1.75. The van der Waals surface area contributed by atoms with Crippen LogP contribution in [0.25, 0.3) is 0 Å². The minimum atomic E-state index is -0.605. The number of carbonyl (C=O) groups excluding carboxylic acids is 1. The van der Waals surface area contributed by atoms with Gasteiger partial charge in [0.2, 0.25) is 5.91 Å². The van der Waals surface area contributed by atoms with Crippen LogP contribution in [0.2, 0.25) is 0 Å². The zero-order valence-corrected chi connectivity index (χ0v) is 19.8. The zero-order chi connectivity index (χ0) is 22.4. The van der Waals surface area contributed by atoms with Crippen LogP contribution >= 0.6 is 11.3 Å². The number of carbonyl (C=O) groups is 1. The number of methoxy groups -OCH3 is 1. The molecule has 1 amide bonds. The molecular weight excluding hydrogens is 412 g/mol.